The molecule has 0 spiro atoms. The predicted molar refractivity (Wildman–Crippen MR) is 158 cm³/mol. The smallest absolute Gasteiger partial charge is 0.319 e. The minimum Gasteiger partial charge on any atom is -0.327 e. The van der Waals surface area contributed by atoms with Crippen LogP contribution in [0.4, 0.5) is 14.9 Å². The van der Waals surface area contributed by atoms with Crippen LogP contribution < -0.4 is 10.6 Å². The van der Waals surface area contributed by atoms with E-state index in [2.05, 4.69) is 26.9 Å². The third-order valence-corrected chi connectivity index (χ3v) is 7.38. The Balaban J connectivity index is 1.49. The highest BCUT2D eigenvalue weighted by atomic mass is 32.2. The second-order valence-electron chi connectivity index (χ2n) is 9.46. The van der Waals surface area contributed by atoms with Gasteiger partial charge < -0.3 is 10.6 Å². The van der Waals surface area contributed by atoms with Crippen LogP contribution in [0.1, 0.15) is 34.1 Å². The van der Waals surface area contributed by atoms with Crippen LogP contribution in [0.5, 0.6) is 0 Å². The van der Waals surface area contributed by atoms with Gasteiger partial charge in [0, 0.05) is 23.5 Å². The van der Waals surface area contributed by atoms with Crippen LogP contribution in [0, 0.1) is 24.1 Å². The van der Waals surface area contributed by atoms with Crippen LogP contribution in [0.3, 0.4) is 0 Å². The number of carbonyl (C=O) groups excluding carboxylic acids is 1. The number of hydrogen-bond donors (Lipinski definition) is 2. The fourth-order valence-electron chi connectivity index (χ4n) is 4.31. The summed E-state index contributed by atoms with van der Waals surface area (Å²) in [5, 5.41) is 24.9. The number of nitrogens with zero attached hydrogens (tertiary/aromatic N) is 4. The number of nitriles is 1. The van der Waals surface area contributed by atoms with Crippen LogP contribution in [-0.2, 0) is 12.2 Å². The van der Waals surface area contributed by atoms with Crippen molar-refractivity contribution in [3.05, 3.63) is 137 Å². The van der Waals surface area contributed by atoms with E-state index in [0.717, 1.165) is 22.4 Å². The second-order valence-corrected chi connectivity index (χ2v) is 10.4. The lowest BCUT2D eigenvalue weighted by Crippen LogP contribution is -2.35. The number of thioether (sulfide) groups is 1. The average Bonchev–Trinajstić information content (AvgIpc) is 3.41. The number of rotatable bonds is 9. The average molecular weight is 563 g/mol. The maximum absolute atomic E-state index is 13.4. The van der Waals surface area contributed by atoms with Gasteiger partial charge in [-0.3, -0.25) is 4.57 Å². The van der Waals surface area contributed by atoms with Gasteiger partial charge in [0.1, 0.15) is 5.82 Å². The summed E-state index contributed by atoms with van der Waals surface area (Å²) >= 11 is 1.48. The van der Waals surface area contributed by atoms with Crippen molar-refractivity contribution in [2.45, 2.75) is 30.3 Å². The quantitative estimate of drug-likeness (QED) is 0.189. The standard InChI is InChI=1S/C32H27FN6OS/c1-22-10-16-28(17-11-22)39-30(37-38-32(39)41-21-24-12-14-26(33)15-13-24)29(19-23-6-3-2-4-7-23)36-31(40)35-27-9-5-8-25(18-27)20-34/h2-18,29H,19,21H2,1H3,(H2,35,36,40). The number of nitrogens with one attached hydrogen (secondary N) is 2. The number of hydrogen-bond acceptors (Lipinski definition) is 5. The highest BCUT2D eigenvalue weighted by Gasteiger charge is 2.25. The number of aromatic nitrogens is 3. The van der Waals surface area contributed by atoms with Crippen molar-refractivity contribution < 1.29 is 9.18 Å². The van der Waals surface area contributed by atoms with Crippen molar-refractivity contribution in [1.29, 1.82) is 5.26 Å². The Bertz CT molecular complexity index is 1660. The summed E-state index contributed by atoms with van der Waals surface area (Å²) in [7, 11) is 0. The summed E-state index contributed by atoms with van der Waals surface area (Å²) in [4.78, 5) is 13.2. The van der Waals surface area contributed by atoms with E-state index >= 15 is 0 Å². The summed E-state index contributed by atoms with van der Waals surface area (Å²) < 4.78 is 15.4. The zero-order chi connectivity index (χ0) is 28.6. The fraction of sp³-hybridized carbons (Fsp3) is 0.125. The van der Waals surface area contributed by atoms with E-state index in [0.29, 0.717) is 34.4 Å². The van der Waals surface area contributed by atoms with Gasteiger partial charge in [-0.25, -0.2) is 9.18 Å². The number of urea groups is 1. The van der Waals surface area contributed by atoms with Crippen LogP contribution >= 0.6 is 11.8 Å². The maximum Gasteiger partial charge on any atom is 0.319 e. The molecule has 1 heterocycles. The van der Waals surface area contributed by atoms with Crippen molar-refractivity contribution in [3.8, 4) is 11.8 Å². The molecule has 0 radical (unpaired) electrons. The number of anilines is 1. The first kappa shape index (κ1) is 27.6. The lowest BCUT2D eigenvalue weighted by molar-refractivity contribution is 0.247. The molecular formula is C32H27FN6OS. The Morgan fingerprint density at radius 1 is 0.951 bits per heavy atom. The third-order valence-electron chi connectivity index (χ3n) is 6.38. The molecule has 0 aliphatic rings. The number of amides is 2. The van der Waals surface area contributed by atoms with Gasteiger partial charge in [-0.15, -0.1) is 10.2 Å². The van der Waals surface area contributed by atoms with Crippen LogP contribution in [0.25, 0.3) is 5.69 Å². The van der Waals surface area contributed by atoms with E-state index in [1.54, 1.807) is 36.4 Å². The summed E-state index contributed by atoms with van der Waals surface area (Å²) in [6.07, 6.45) is 0.471. The number of halogens is 1. The molecule has 5 rings (SSSR count). The normalized spacial score (nSPS) is 11.4. The molecule has 9 heteroatoms. The van der Waals surface area contributed by atoms with E-state index in [-0.39, 0.29) is 5.82 Å². The molecule has 0 saturated carbocycles. The molecule has 0 aliphatic carbocycles. The molecule has 1 atom stereocenters. The van der Waals surface area contributed by atoms with E-state index < -0.39 is 12.1 Å². The van der Waals surface area contributed by atoms with Crippen molar-refractivity contribution in [2.24, 2.45) is 0 Å². The molecule has 7 nitrogen and oxygen atoms in total. The predicted octanol–water partition coefficient (Wildman–Crippen LogP) is 6.98. The largest absolute Gasteiger partial charge is 0.327 e. The van der Waals surface area contributed by atoms with E-state index in [1.807, 2.05) is 66.1 Å². The molecule has 41 heavy (non-hydrogen) atoms. The number of carbonyl (C=O) groups is 1. The minimum absolute atomic E-state index is 0.281. The van der Waals surface area contributed by atoms with E-state index in [4.69, 9.17) is 0 Å². The molecule has 2 amide bonds. The van der Waals surface area contributed by atoms with E-state index in [1.165, 1.54) is 23.9 Å². The molecule has 0 saturated heterocycles. The maximum atomic E-state index is 13.4. The Morgan fingerprint density at radius 2 is 1.71 bits per heavy atom. The van der Waals surface area contributed by atoms with Crippen molar-refractivity contribution >= 4 is 23.5 Å². The Labute approximate surface area is 242 Å². The topological polar surface area (TPSA) is 95.6 Å². The molecular weight excluding hydrogens is 535 g/mol. The Hall–Kier alpha value is -4.94. The van der Waals surface area contributed by atoms with E-state index in [9.17, 15) is 14.4 Å². The van der Waals surface area contributed by atoms with Crippen LogP contribution in [0.2, 0.25) is 0 Å². The lowest BCUT2D eigenvalue weighted by atomic mass is 10.1. The summed E-state index contributed by atoms with van der Waals surface area (Å²) in [6, 6.07) is 32.1. The SMILES string of the molecule is Cc1ccc(-n2c(SCc3ccc(F)cc3)nnc2C(Cc2ccccc2)NC(=O)Nc2cccc(C#N)c2)cc1. The van der Waals surface area contributed by atoms with Crippen molar-refractivity contribution in [3.63, 3.8) is 0 Å². The first-order chi connectivity index (χ1) is 20.0. The minimum atomic E-state index is -0.537. The van der Waals surface area contributed by atoms with Crippen molar-refractivity contribution in [1.82, 2.24) is 20.1 Å². The Kier molecular flexibility index (Phi) is 8.72. The second kappa shape index (κ2) is 12.9. The van der Waals surface area contributed by atoms with Gasteiger partial charge >= 0.3 is 6.03 Å². The zero-order valence-corrected chi connectivity index (χ0v) is 23.1. The first-order valence-corrected chi connectivity index (χ1v) is 14.0. The Morgan fingerprint density at radius 3 is 2.44 bits per heavy atom. The molecule has 2 N–H and O–H groups in total. The van der Waals surface area contributed by atoms with Gasteiger partial charge in [0.2, 0.25) is 0 Å². The highest BCUT2D eigenvalue weighted by Crippen LogP contribution is 2.29. The van der Waals surface area contributed by atoms with Crippen molar-refractivity contribution in [2.75, 3.05) is 5.32 Å². The monoisotopic (exact) mass is 562 g/mol. The van der Waals surface area contributed by atoms with Gasteiger partial charge in [-0.05, 0) is 60.5 Å². The summed E-state index contributed by atoms with van der Waals surface area (Å²) in [6.45, 7) is 2.02. The summed E-state index contributed by atoms with van der Waals surface area (Å²) in [5.41, 5.74) is 4.90. The third kappa shape index (κ3) is 7.18. The molecule has 0 bridgehead atoms. The number of benzene rings is 4. The fourth-order valence-corrected chi connectivity index (χ4v) is 5.23. The highest BCUT2D eigenvalue weighted by molar-refractivity contribution is 7.98. The van der Waals surface area contributed by atoms with Gasteiger partial charge in [-0.1, -0.05) is 78.0 Å². The molecule has 0 aliphatic heterocycles. The molecule has 204 valence electrons. The van der Waals surface area contributed by atoms with Gasteiger partial charge in [0.05, 0.1) is 17.7 Å². The van der Waals surface area contributed by atoms with Crippen LogP contribution in [0.15, 0.2) is 108 Å². The molecule has 0 fully saturated rings. The molecule has 1 aromatic heterocycles. The zero-order valence-electron chi connectivity index (χ0n) is 22.3. The lowest BCUT2D eigenvalue weighted by Gasteiger charge is -2.21. The number of aryl methyl sites for hydroxylation is 1. The van der Waals surface area contributed by atoms with Gasteiger partial charge in [0.15, 0.2) is 11.0 Å². The van der Waals surface area contributed by atoms with Gasteiger partial charge in [0.25, 0.3) is 0 Å². The molecule has 5 aromatic rings. The first-order valence-electron chi connectivity index (χ1n) is 13.0. The van der Waals surface area contributed by atoms with Crippen LogP contribution in [-0.4, -0.2) is 20.8 Å². The molecule has 4 aromatic carbocycles. The van der Waals surface area contributed by atoms with Gasteiger partial charge in [-0.2, -0.15) is 5.26 Å². The molecule has 1 unspecified atom stereocenters. The summed E-state index contributed by atoms with van der Waals surface area (Å²) in [5.74, 6) is 0.855.